The Hall–Kier alpha value is -3.27. The van der Waals surface area contributed by atoms with Crippen LogP contribution in [0.1, 0.15) is 35.8 Å². The lowest BCUT2D eigenvalue weighted by atomic mass is 10.1. The van der Waals surface area contributed by atoms with Gasteiger partial charge in [0.2, 0.25) is 0 Å². The van der Waals surface area contributed by atoms with Crippen molar-refractivity contribution in [1.82, 2.24) is 9.97 Å². The van der Waals surface area contributed by atoms with Gasteiger partial charge in [-0.05, 0) is 43.2 Å². The Balaban J connectivity index is 1.73. The van der Waals surface area contributed by atoms with Crippen LogP contribution in [-0.4, -0.2) is 15.9 Å². The van der Waals surface area contributed by atoms with Crippen LogP contribution in [0.3, 0.4) is 0 Å². The van der Waals surface area contributed by atoms with Gasteiger partial charge in [0.15, 0.2) is 0 Å². The second-order valence-electron chi connectivity index (χ2n) is 6.63. The highest BCUT2D eigenvalue weighted by atomic mass is 16.1. The predicted molar refractivity (Wildman–Crippen MR) is 110 cm³/mol. The van der Waals surface area contributed by atoms with Crippen molar-refractivity contribution in [2.45, 2.75) is 26.2 Å². The molecule has 0 bridgehead atoms. The molecule has 4 heteroatoms. The first-order chi connectivity index (χ1) is 13.2. The van der Waals surface area contributed by atoms with Crippen molar-refractivity contribution in [2.24, 2.45) is 0 Å². The first kappa shape index (κ1) is 17.2. The molecule has 27 heavy (non-hydrogen) atoms. The number of hydrogen-bond donors (Lipinski definition) is 1. The highest BCUT2D eigenvalue weighted by molar-refractivity contribution is 6.06. The van der Waals surface area contributed by atoms with E-state index in [9.17, 15) is 4.79 Å². The van der Waals surface area contributed by atoms with Gasteiger partial charge in [0, 0.05) is 22.0 Å². The number of rotatable bonds is 5. The van der Waals surface area contributed by atoms with Crippen LogP contribution in [0.5, 0.6) is 0 Å². The molecule has 0 aliphatic rings. The fourth-order valence-electron chi connectivity index (χ4n) is 3.15. The molecule has 134 valence electrons. The maximum Gasteiger partial charge on any atom is 0.256 e. The van der Waals surface area contributed by atoms with Gasteiger partial charge in [-0.15, -0.1) is 0 Å². The quantitative estimate of drug-likeness (QED) is 0.489. The second kappa shape index (κ2) is 7.54. The zero-order valence-corrected chi connectivity index (χ0v) is 15.3. The number of hydrogen-bond acceptors (Lipinski definition) is 3. The lowest BCUT2D eigenvalue weighted by molar-refractivity contribution is 0.102. The Bertz CT molecular complexity index is 1110. The van der Waals surface area contributed by atoms with Crippen LogP contribution in [0.25, 0.3) is 21.8 Å². The Morgan fingerprint density at radius 2 is 1.52 bits per heavy atom. The molecule has 2 aromatic carbocycles. The number of aromatic nitrogens is 2. The topological polar surface area (TPSA) is 54.9 Å². The molecule has 1 N–H and O–H groups in total. The van der Waals surface area contributed by atoms with Gasteiger partial charge in [0.1, 0.15) is 5.82 Å². The van der Waals surface area contributed by atoms with Crippen molar-refractivity contribution in [1.29, 1.82) is 0 Å². The molecule has 0 saturated heterocycles. The van der Waals surface area contributed by atoms with Crippen LogP contribution in [0, 0.1) is 0 Å². The van der Waals surface area contributed by atoms with E-state index in [1.54, 1.807) is 12.1 Å². The van der Waals surface area contributed by atoms with Crippen molar-refractivity contribution < 1.29 is 4.79 Å². The number of nitrogens with zero attached hydrogens (tertiary/aromatic N) is 2. The largest absolute Gasteiger partial charge is 0.307 e. The molecule has 0 saturated carbocycles. The molecule has 0 fully saturated rings. The summed E-state index contributed by atoms with van der Waals surface area (Å²) in [4.78, 5) is 22.0. The average Bonchev–Trinajstić information content (AvgIpc) is 2.72. The molecular weight excluding hydrogens is 334 g/mol. The van der Waals surface area contributed by atoms with E-state index in [1.165, 1.54) is 0 Å². The maximum absolute atomic E-state index is 12.4. The third-order valence-corrected chi connectivity index (χ3v) is 4.64. The molecular formula is C23H21N3O. The monoisotopic (exact) mass is 355 g/mol. The number of carbonyl (C=O) groups excluding carboxylic acids is 1. The summed E-state index contributed by atoms with van der Waals surface area (Å²) in [6.07, 6.45) is 3.23. The van der Waals surface area contributed by atoms with E-state index in [1.807, 2.05) is 36.4 Å². The van der Waals surface area contributed by atoms with Gasteiger partial charge >= 0.3 is 0 Å². The highest BCUT2D eigenvalue weighted by Crippen LogP contribution is 2.24. The minimum atomic E-state index is -0.167. The first-order valence-corrected chi connectivity index (χ1v) is 9.30. The third-order valence-electron chi connectivity index (χ3n) is 4.64. The van der Waals surface area contributed by atoms with Gasteiger partial charge in [-0.1, -0.05) is 49.7 Å². The van der Waals surface area contributed by atoms with Crippen LogP contribution >= 0.6 is 0 Å². The second-order valence-corrected chi connectivity index (χ2v) is 6.63. The fourth-order valence-corrected chi connectivity index (χ4v) is 3.15. The van der Waals surface area contributed by atoms with Gasteiger partial charge in [0.25, 0.3) is 5.91 Å². The molecule has 4 aromatic rings. The Labute approximate surface area is 158 Å². The summed E-state index contributed by atoms with van der Waals surface area (Å²) in [5.41, 5.74) is 3.39. The molecule has 0 aliphatic carbocycles. The molecule has 0 atom stereocenters. The molecule has 0 unspecified atom stereocenters. The van der Waals surface area contributed by atoms with Crippen molar-refractivity contribution in [2.75, 3.05) is 5.32 Å². The van der Waals surface area contributed by atoms with Gasteiger partial charge in [-0.2, -0.15) is 0 Å². The van der Waals surface area contributed by atoms with E-state index >= 15 is 0 Å². The SMILES string of the molecule is CCCCc1ccc2ccc3ccc(NC(=O)c4ccccc4)nc3c2n1. The molecule has 2 heterocycles. The van der Waals surface area contributed by atoms with E-state index in [-0.39, 0.29) is 5.91 Å². The van der Waals surface area contributed by atoms with Crippen LogP contribution < -0.4 is 5.32 Å². The van der Waals surface area contributed by atoms with Crippen molar-refractivity contribution >= 4 is 33.5 Å². The Kier molecular flexibility index (Phi) is 4.79. The highest BCUT2D eigenvalue weighted by Gasteiger charge is 2.09. The molecule has 4 nitrogen and oxygen atoms in total. The number of pyridine rings is 2. The number of anilines is 1. The Morgan fingerprint density at radius 3 is 2.26 bits per heavy atom. The van der Waals surface area contributed by atoms with Gasteiger partial charge in [0.05, 0.1) is 11.0 Å². The van der Waals surface area contributed by atoms with Crippen molar-refractivity contribution in [3.05, 3.63) is 78.0 Å². The Morgan fingerprint density at radius 1 is 0.852 bits per heavy atom. The van der Waals surface area contributed by atoms with Gasteiger partial charge in [-0.3, -0.25) is 9.78 Å². The summed E-state index contributed by atoms with van der Waals surface area (Å²) in [5.74, 6) is 0.365. The standard InChI is InChI=1S/C23H21N3O/c1-2-3-9-19-14-12-16-10-11-17-13-15-20(25-22(17)21(16)24-19)26-23(27)18-7-5-4-6-8-18/h4-8,10-15H,2-3,9H2,1H3,(H,25,26,27). The number of amides is 1. The number of carbonyl (C=O) groups is 1. The number of unbranched alkanes of at least 4 members (excludes halogenated alkanes) is 1. The summed E-state index contributed by atoms with van der Waals surface area (Å²) in [6.45, 7) is 2.18. The van der Waals surface area contributed by atoms with Crippen LogP contribution in [-0.2, 0) is 6.42 Å². The molecule has 0 aliphatic heterocycles. The summed E-state index contributed by atoms with van der Waals surface area (Å²) >= 11 is 0. The van der Waals surface area contributed by atoms with E-state index in [2.05, 4.69) is 30.4 Å². The summed E-state index contributed by atoms with van der Waals surface area (Å²) in [5, 5.41) is 4.96. The lowest BCUT2D eigenvalue weighted by Crippen LogP contribution is -2.12. The molecule has 0 spiro atoms. The van der Waals surface area contributed by atoms with Crippen LogP contribution in [0.4, 0.5) is 5.82 Å². The minimum Gasteiger partial charge on any atom is -0.307 e. The fraction of sp³-hybridized carbons (Fsp3) is 0.174. The molecule has 2 aromatic heterocycles. The van der Waals surface area contributed by atoms with Gasteiger partial charge < -0.3 is 5.32 Å². The van der Waals surface area contributed by atoms with Crippen molar-refractivity contribution in [3.8, 4) is 0 Å². The van der Waals surface area contributed by atoms with E-state index < -0.39 is 0 Å². The number of fused-ring (bicyclic) bond motifs is 3. The summed E-state index contributed by atoms with van der Waals surface area (Å²) < 4.78 is 0. The molecule has 1 amide bonds. The van der Waals surface area contributed by atoms with Crippen LogP contribution in [0.15, 0.2) is 66.7 Å². The van der Waals surface area contributed by atoms with E-state index in [4.69, 9.17) is 9.97 Å². The minimum absolute atomic E-state index is 0.167. The number of nitrogens with one attached hydrogen (secondary N) is 1. The molecule has 0 radical (unpaired) electrons. The van der Waals surface area contributed by atoms with Crippen molar-refractivity contribution in [3.63, 3.8) is 0 Å². The maximum atomic E-state index is 12.4. The first-order valence-electron chi connectivity index (χ1n) is 9.30. The van der Waals surface area contributed by atoms with Gasteiger partial charge in [-0.25, -0.2) is 4.98 Å². The smallest absolute Gasteiger partial charge is 0.256 e. The third kappa shape index (κ3) is 3.65. The zero-order valence-electron chi connectivity index (χ0n) is 15.3. The van der Waals surface area contributed by atoms with E-state index in [0.717, 1.165) is 46.8 Å². The van der Waals surface area contributed by atoms with E-state index in [0.29, 0.717) is 11.4 Å². The number of benzene rings is 2. The normalized spacial score (nSPS) is 11.0. The summed E-state index contributed by atoms with van der Waals surface area (Å²) in [7, 11) is 0. The zero-order chi connectivity index (χ0) is 18.6. The molecule has 4 rings (SSSR count). The number of aryl methyl sites for hydroxylation is 1. The average molecular weight is 355 g/mol. The van der Waals surface area contributed by atoms with Crippen LogP contribution in [0.2, 0.25) is 0 Å². The summed E-state index contributed by atoms with van der Waals surface area (Å²) in [6, 6.07) is 21.3. The lowest BCUT2D eigenvalue weighted by Gasteiger charge is -2.08. The predicted octanol–water partition coefficient (Wildman–Crippen LogP) is 5.38.